The van der Waals surface area contributed by atoms with Gasteiger partial charge in [0.05, 0.1) is 31.4 Å². The predicted octanol–water partition coefficient (Wildman–Crippen LogP) is 2.79. The van der Waals surface area contributed by atoms with Gasteiger partial charge >= 0.3 is 0 Å². The maximum Gasteiger partial charge on any atom is 0.244 e. The molecule has 1 unspecified atom stereocenters. The van der Waals surface area contributed by atoms with Gasteiger partial charge in [0.2, 0.25) is 5.91 Å². The molecule has 1 aliphatic heterocycles. The van der Waals surface area contributed by atoms with Gasteiger partial charge in [0.1, 0.15) is 11.6 Å². The van der Waals surface area contributed by atoms with Crippen molar-refractivity contribution in [2.45, 2.75) is 18.9 Å². The Morgan fingerprint density at radius 3 is 2.59 bits per heavy atom. The number of carbonyl (C=O) groups excluding carboxylic acids is 2. The number of hydrogen-bond acceptors (Lipinski definition) is 6. The Kier molecular flexibility index (Phi) is 8.91. The summed E-state index contributed by atoms with van der Waals surface area (Å²) >= 11 is 0. The van der Waals surface area contributed by atoms with Crippen LogP contribution in [0.5, 0.6) is 5.75 Å². The van der Waals surface area contributed by atoms with Crippen LogP contribution in [0.2, 0.25) is 0 Å². The van der Waals surface area contributed by atoms with Crippen LogP contribution in [0.1, 0.15) is 34.3 Å². The molecule has 1 saturated heterocycles. The molecule has 0 radical (unpaired) electrons. The van der Waals surface area contributed by atoms with Crippen LogP contribution in [0.3, 0.4) is 0 Å². The first-order valence-electron chi connectivity index (χ1n) is 11.1. The average Bonchev–Trinajstić information content (AvgIpc) is 2.87. The summed E-state index contributed by atoms with van der Waals surface area (Å²) in [5.41, 5.74) is 1.57. The van der Waals surface area contributed by atoms with Gasteiger partial charge in [-0.15, -0.1) is 0 Å². The van der Waals surface area contributed by atoms with Crippen molar-refractivity contribution in [1.29, 1.82) is 5.26 Å². The normalized spacial score (nSPS) is 15.6. The number of piperidine rings is 1. The molecule has 1 fully saturated rings. The van der Waals surface area contributed by atoms with Gasteiger partial charge in [0, 0.05) is 29.7 Å². The highest BCUT2D eigenvalue weighted by atomic mass is 19.1. The number of aliphatic hydroxyl groups excluding tert-OH is 1. The number of carbonyl (C=O) groups is 2. The maximum absolute atomic E-state index is 13.1. The number of likely N-dealkylation sites (tertiary alicyclic amines) is 1. The fourth-order valence-electron chi connectivity index (χ4n) is 4.04. The molecule has 7 nitrogen and oxygen atoms in total. The van der Waals surface area contributed by atoms with E-state index in [0.29, 0.717) is 54.9 Å². The van der Waals surface area contributed by atoms with Crippen molar-refractivity contribution in [3.8, 4) is 11.8 Å². The van der Waals surface area contributed by atoms with E-state index in [1.54, 1.807) is 24.3 Å². The second-order valence-corrected chi connectivity index (χ2v) is 8.24. The largest absolute Gasteiger partial charge is 0.496 e. The maximum atomic E-state index is 13.1. The first-order chi connectivity index (χ1) is 16.4. The summed E-state index contributed by atoms with van der Waals surface area (Å²) < 4.78 is 18.4. The molecule has 2 N–H and O–H groups in total. The molecule has 2 aromatic carbocycles. The van der Waals surface area contributed by atoms with Gasteiger partial charge in [-0.05, 0) is 74.5 Å². The van der Waals surface area contributed by atoms with Crippen molar-refractivity contribution in [2.24, 2.45) is 5.92 Å². The van der Waals surface area contributed by atoms with Crippen LogP contribution < -0.4 is 10.1 Å². The van der Waals surface area contributed by atoms with Crippen molar-refractivity contribution in [3.05, 3.63) is 71.0 Å². The van der Waals surface area contributed by atoms with Gasteiger partial charge in [-0.2, -0.15) is 5.26 Å². The van der Waals surface area contributed by atoms with Crippen LogP contribution in [0.15, 0.2) is 48.5 Å². The highest BCUT2D eigenvalue weighted by Gasteiger charge is 2.27. The molecule has 1 amide bonds. The molecule has 178 valence electrons. The van der Waals surface area contributed by atoms with E-state index in [2.05, 4.69) is 10.2 Å². The number of benzene rings is 2. The number of hydrogen-bond donors (Lipinski definition) is 2. The zero-order valence-electron chi connectivity index (χ0n) is 19.0. The summed E-state index contributed by atoms with van der Waals surface area (Å²) in [6.45, 7) is 1.57. The molecule has 8 heteroatoms. The van der Waals surface area contributed by atoms with E-state index in [1.807, 2.05) is 6.07 Å². The van der Waals surface area contributed by atoms with Gasteiger partial charge in [0.25, 0.3) is 0 Å². The van der Waals surface area contributed by atoms with E-state index in [-0.39, 0.29) is 30.0 Å². The monoisotopic (exact) mass is 465 g/mol. The minimum absolute atomic E-state index is 0.0210. The third-order valence-corrected chi connectivity index (χ3v) is 5.91. The highest BCUT2D eigenvalue weighted by molar-refractivity contribution is 5.97. The number of aliphatic hydroxyl groups is 1. The first-order valence-corrected chi connectivity index (χ1v) is 11.1. The minimum atomic E-state index is -0.464. The zero-order chi connectivity index (χ0) is 24.5. The number of ketones is 1. The van der Waals surface area contributed by atoms with Crippen LogP contribution in [0.25, 0.3) is 6.08 Å². The fourth-order valence-corrected chi connectivity index (χ4v) is 4.04. The first kappa shape index (κ1) is 25.1. The number of nitrogens with one attached hydrogen (secondary N) is 1. The minimum Gasteiger partial charge on any atom is -0.496 e. The van der Waals surface area contributed by atoms with E-state index >= 15 is 0 Å². The number of amides is 1. The molecule has 3 rings (SSSR count). The summed E-state index contributed by atoms with van der Waals surface area (Å²) in [4.78, 5) is 27.2. The van der Waals surface area contributed by atoms with Crippen LogP contribution in [0.4, 0.5) is 4.39 Å². The van der Waals surface area contributed by atoms with Gasteiger partial charge in [-0.1, -0.05) is 0 Å². The van der Waals surface area contributed by atoms with Crippen LogP contribution in [0, 0.1) is 23.1 Å². The van der Waals surface area contributed by atoms with Crippen LogP contribution in [-0.2, 0) is 4.79 Å². The molecule has 1 aliphatic rings. The lowest BCUT2D eigenvalue weighted by Gasteiger charge is -2.33. The zero-order valence-corrected chi connectivity index (χ0v) is 19.0. The number of methoxy groups -OCH3 is 1. The second kappa shape index (κ2) is 12.1. The topological polar surface area (TPSA) is 103 Å². The molecule has 1 atom stereocenters. The third-order valence-electron chi connectivity index (χ3n) is 5.91. The van der Waals surface area contributed by atoms with Crippen molar-refractivity contribution in [2.75, 3.05) is 33.4 Å². The SMILES string of the molecule is COc1ccc(C#N)cc1/C=C/C(=O)NC(CO)CN1CCC(C(=O)c2ccc(F)cc2)CC1. The van der Waals surface area contributed by atoms with Crippen LogP contribution >= 0.6 is 0 Å². The Balaban J connectivity index is 1.51. The summed E-state index contributed by atoms with van der Waals surface area (Å²) in [6.07, 6.45) is 4.24. The number of ether oxygens (including phenoxy) is 1. The smallest absolute Gasteiger partial charge is 0.244 e. The van der Waals surface area contributed by atoms with Gasteiger partial charge in [0.15, 0.2) is 5.78 Å². The number of rotatable bonds is 9. The lowest BCUT2D eigenvalue weighted by molar-refractivity contribution is -0.117. The molecule has 2 aromatic rings. The van der Waals surface area contributed by atoms with E-state index in [1.165, 1.54) is 37.5 Å². The Labute approximate surface area is 198 Å². The Morgan fingerprint density at radius 2 is 1.97 bits per heavy atom. The molecule has 0 bridgehead atoms. The van der Waals surface area contributed by atoms with E-state index < -0.39 is 6.04 Å². The van der Waals surface area contributed by atoms with E-state index in [4.69, 9.17) is 10.00 Å². The number of Topliss-reactive ketones (excluding diaryl/α,β-unsaturated/α-hetero) is 1. The molecule has 1 heterocycles. The molecular formula is C26H28FN3O4. The lowest BCUT2D eigenvalue weighted by Crippen LogP contribution is -2.48. The molecule has 0 spiro atoms. The van der Waals surface area contributed by atoms with Gasteiger partial charge in [-0.25, -0.2) is 4.39 Å². The summed E-state index contributed by atoms with van der Waals surface area (Å²) in [5.74, 6) is -0.295. The molecule has 0 aromatic heterocycles. The fraction of sp³-hybridized carbons (Fsp3) is 0.346. The molecule has 0 saturated carbocycles. The lowest BCUT2D eigenvalue weighted by atomic mass is 9.89. The van der Waals surface area contributed by atoms with Crippen LogP contribution in [-0.4, -0.2) is 61.1 Å². The second-order valence-electron chi connectivity index (χ2n) is 8.24. The summed E-state index contributed by atoms with van der Waals surface area (Å²) in [5, 5.41) is 21.6. The summed E-state index contributed by atoms with van der Waals surface area (Å²) in [6, 6.07) is 12.1. The van der Waals surface area contributed by atoms with Crippen molar-refractivity contribution < 1.29 is 23.8 Å². The molecular weight excluding hydrogens is 437 g/mol. The number of nitrogens with zero attached hydrogens (tertiary/aromatic N) is 2. The average molecular weight is 466 g/mol. The summed E-state index contributed by atoms with van der Waals surface area (Å²) in [7, 11) is 1.51. The standard InChI is InChI=1S/C26H28FN3O4/c1-34-24-8-2-18(15-28)14-21(24)5-9-25(32)29-23(17-31)16-30-12-10-20(11-13-30)26(33)19-3-6-22(27)7-4-19/h2-9,14,20,23,31H,10-13,16-17H2,1H3,(H,29,32)/b9-5+. The number of halogens is 1. The third kappa shape index (κ3) is 6.73. The van der Waals surface area contributed by atoms with Crippen molar-refractivity contribution in [3.63, 3.8) is 0 Å². The van der Waals surface area contributed by atoms with Crippen molar-refractivity contribution in [1.82, 2.24) is 10.2 Å². The van der Waals surface area contributed by atoms with Gasteiger partial charge < -0.3 is 20.1 Å². The number of nitriles is 1. The predicted molar refractivity (Wildman–Crippen MR) is 126 cm³/mol. The Bertz CT molecular complexity index is 1070. The van der Waals surface area contributed by atoms with E-state index in [9.17, 15) is 19.1 Å². The van der Waals surface area contributed by atoms with E-state index in [0.717, 1.165) is 0 Å². The van der Waals surface area contributed by atoms with Crippen molar-refractivity contribution >= 4 is 17.8 Å². The molecule has 34 heavy (non-hydrogen) atoms. The Morgan fingerprint density at radius 1 is 1.26 bits per heavy atom. The quantitative estimate of drug-likeness (QED) is 0.436. The molecule has 0 aliphatic carbocycles. The Hall–Kier alpha value is -3.54. The highest BCUT2D eigenvalue weighted by Crippen LogP contribution is 2.23. The van der Waals surface area contributed by atoms with Gasteiger partial charge in [-0.3, -0.25) is 9.59 Å².